The fourth-order valence-electron chi connectivity index (χ4n) is 3.27. The second-order valence-corrected chi connectivity index (χ2v) is 9.51. The molecule has 0 saturated heterocycles. The van der Waals surface area contributed by atoms with Gasteiger partial charge in [-0.3, -0.25) is 13.9 Å². The normalized spacial score (nSPS) is 11.9. The molecule has 1 atom stereocenters. The van der Waals surface area contributed by atoms with Crippen LogP contribution in [0.3, 0.4) is 0 Å². The van der Waals surface area contributed by atoms with Crippen molar-refractivity contribution in [2.24, 2.45) is 0 Å². The van der Waals surface area contributed by atoms with Crippen molar-refractivity contribution in [3.05, 3.63) is 53.6 Å². The first-order valence-electron chi connectivity index (χ1n) is 10.3. The highest BCUT2D eigenvalue weighted by Crippen LogP contribution is 2.33. The second-order valence-electron chi connectivity index (χ2n) is 7.60. The average Bonchev–Trinajstić information content (AvgIpc) is 2.79. The zero-order valence-electron chi connectivity index (χ0n) is 19.8. The van der Waals surface area contributed by atoms with Gasteiger partial charge in [0.05, 0.1) is 26.2 Å². The van der Waals surface area contributed by atoms with Crippen molar-refractivity contribution in [2.45, 2.75) is 26.4 Å². The summed E-state index contributed by atoms with van der Waals surface area (Å²) < 4.78 is 36.8. The minimum absolute atomic E-state index is 0.144. The van der Waals surface area contributed by atoms with E-state index in [1.54, 1.807) is 13.0 Å². The van der Waals surface area contributed by atoms with Gasteiger partial charge in [0.2, 0.25) is 21.8 Å². The number of anilines is 1. The third-order valence-electron chi connectivity index (χ3n) is 5.22. The number of likely N-dealkylation sites (N-methyl/N-ethyl adjacent to an activating group) is 1. The van der Waals surface area contributed by atoms with E-state index in [-0.39, 0.29) is 23.9 Å². The number of methoxy groups -OCH3 is 2. The maximum atomic E-state index is 13.4. The molecule has 0 radical (unpaired) electrons. The molecular formula is C23H31N3O6S. The van der Waals surface area contributed by atoms with Gasteiger partial charge in [0.15, 0.2) is 0 Å². The van der Waals surface area contributed by atoms with Crippen molar-refractivity contribution in [3.63, 3.8) is 0 Å². The molecule has 0 aliphatic rings. The highest BCUT2D eigenvalue weighted by Gasteiger charge is 2.31. The minimum atomic E-state index is -3.86. The van der Waals surface area contributed by atoms with Crippen LogP contribution in [-0.2, 0) is 26.2 Å². The lowest BCUT2D eigenvalue weighted by molar-refractivity contribution is -0.139. The zero-order valence-corrected chi connectivity index (χ0v) is 20.6. The maximum Gasteiger partial charge on any atom is 0.244 e. The molecular weight excluding hydrogens is 446 g/mol. The summed E-state index contributed by atoms with van der Waals surface area (Å²) in [5.41, 5.74) is 2.07. The number of nitrogens with one attached hydrogen (secondary N) is 1. The zero-order chi connectivity index (χ0) is 24.8. The Morgan fingerprint density at radius 1 is 1.06 bits per heavy atom. The molecule has 10 heteroatoms. The number of rotatable bonds is 10. The molecule has 0 bridgehead atoms. The van der Waals surface area contributed by atoms with E-state index in [4.69, 9.17) is 9.47 Å². The summed E-state index contributed by atoms with van der Waals surface area (Å²) in [5.74, 6) is -0.181. The fraction of sp³-hybridized carbons (Fsp3) is 0.391. The molecule has 180 valence electrons. The van der Waals surface area contributed by atoms with Crippen molar-refractivity contribution in [1.29, 1.82) is 0 Å². The number of nitrogens with zero attached hydrogens (tertiary/aromatic N) is 2. The van der Waals surface area contributed by atoms with E-state index >= 15 is 0 Å². The lowest BCUT2D eigenvalue weighted by atomic mass is 10.1. The van der Waals surface area contributed by atoms with Gasteiger partial charge in [0, 0.05) is 19.7 Å². The highest BCUT2D eigenvalue weighted by atomic mass is 32.2. The van der Waals surface area contributed by atoms with Gasteiger partial charge < -0.3 is 19.7 Å². The van der Waals surface area contributed by atoms with Gasteiger partial charge in [-0.2, -0.15) is 0 Å². The third-order valence-corrected chi connectivity index (χ3v) is 6.35. The monoisotopic (exact) mass is 477 g/mol. The van der Waals surface area contributed by atoms with Gasteiger partial charge in [0.1, 0.15) is 24.1 Å². The Hall–Kier alpha value is -3.27. The Morgan fingerprint density at radius 2 is 1.70 bits per heavy atom. The van der Waals surface area contributed by atoms with E-state index in [0.717, 1.165) is 21.7 Å². The van der Waals surface area contributed by atoms with Crippen LogP contribution in [0.5, 0.6) is 11.5 Å². The Bertz CT molecular complexity index is 1090. The van der Waals surface area contributed by atoms with E-state index < -0.39 is 28.5 Å². The lowest BCUT2D eigenvalue weighted by Gasteiger charge is -2.31. The first kappa shape index (κ1) is 26.0. The van der Waals surface area contributed by atoms with Gasteiger partial charge >= 0.3 is 0 Å². The van der Waals surface area contributed by atoms with Crippen LogP contribution in [0.15, 0.2) is 42.5 Å². The lowest BCUT2D eigenvalue weighted by Crippen LogP contribution is -2.50. The summed E-state index contributed by atoms with van der Waals surface area (Å²) in [4.78, 5) is 27.1. The molecule has 2 aromatic carbocycles. The van der Waals surface area contributed by atoms with E-state index in [9.17, 15) is 18.0 Å². The highest BCUT2D eigenvalue weighted by molar-refractivity contribution is 7.92. The predicted molar refractivity (Wildman–Crippen MR) is 127 cm³/mol. The molecule has 2 aromatic rings. The SMILES string of the molecule is CNC(=O)C(C)N(Cc1ccc(C)cc1)C(=O)CN(c1ccc(OC)cc1OC)S(C)(=O)=O. The Morgan fingerprint density at radius 3 is 2.21 bits per heavy atom. The van der Waals surface area contributed by atoms with Crippen LogP contribution in [-0.4, -0.2) is 65.2 Å². The summed E-state index contributed by atoms with van der Waals surface area (Å²) >= 11 is 0. The van der Waals surface area contributed by atoms with Gasteiger partial charge in [-0.05, 0) is 31.5 Å². The van der Waals surface area contributed by atoms with Crippen molar-refractivity contribution in [1.82, 2.24) is 10.2 Å². The Kier molecular flexibility index (Phi) is 8.69. The predicted octanol–water partition coefficient (Wildman–Crippen LogP) is 1.94. The van der Waals surface area contributed by atoms with Crippen LogP contribution in [0.2, 0.25) is 0 Å². The first-order valence-corrected chi connectivity index (χ1v) is 12.1. The van der Waals surface area contributed by atoms with Gasteiger partial charge in [-0.25, -0.2) is 8.42 Å². The van der Waals surface area contributed by atoms with Crippen molar-refractivity contribution in [3.8, 4) is 11.5 Å². The number of carbonyl (C=O) groups is 2. The molecule has 9 nitrogen and oxygen atoms in total. The molecule has 0 heterocycles. The van der Waals surface area contributed by atoms with Crippen LogP contribution in [0.25, 0.3) is 0 Å². The van der Waals surface area contributed by atoms with Gasteiger partial charge in [-0.15, -0.1) is 0 Å². The van der Waals surface area contributed by atoms with Crippen molar-refractivity contribution in [2.75, 3.05) is 38.4 Å². The minimum Gasteiger partial charge on any atom is -0.497 e. The Balaban J connectivity index is 2.44. The van der Waals surface area contributed by atoms with Crippen LogP contribution < -0.4 is 19.1 Å². The third kappa shape index (κ3) is 6.61. The number of hydrogen-bond donors (Lipinski definition) is 1. The summed E-state index contributed by atoms with van der Waals surface area (Å²) in [6, 6.07) is 11.4. The molecule has 1 N–H and O–H groups in total. The van der Waals surface area contributed by atoms with Crippen molar-refractivity contribution >= 4 is 27.5 Å². The molecule has 0 saturated carbocycles. The number of sulfonamides is 1. The molecule has 1 unspecified atom stereocenters. The molecule has 2 amide bonds. The summed E-state index contributed by atoms with van der Waals surface area (Å²) in [6.45, 7) is 3.19. The molecule has 0 fully saturated rings. The number of amides is 2. The Labute approximate surface area is 195 Å². The number of carbonyl (C=O) groups excluding carboxylic acids is 2. The summed E-state index contributed by atoms with van der Waals surface area (Å²) in [7, 11) is 0.503. The molecule has 0 spiro atoms. The number of hydrogen-bond acceptors (Lipinski definition) is 6. The standard InChI is InChI=1S/C23H31N3O6S/c1-16-7-9-18(10-8-16)14-25(17(2)23(28)24-3)22(27)15-26(33(6,29)30)20-12-11-19(31-4)13-21(20)32-5/h7-13,17H,14-15H2,1-6H3,(H,24,28). The number of aryl methyl sites for hydroxylation is 1. The molecule has 33 heavy (non-hydrogen) atoms. The van der Waals surface area contributed by atoms with E-state index in [2.05, 4.69) is 5.32 Å². The molecule has 0 aliphatic heterocycles. The van der Waals surface area contributed by atoms with Gasteiger partial charge in [0.25, 0.3) is 0 Å². The average molecular weight is 478 g/mol. The van der Waals surface area contributed by atoms with E-state index in [1.165, 1.54) is 38.3 Å². The van der Waals surface area contributed by atoms with Crippen LogP contribution in [0.1, 0.15) is 18.1 Å². The topological polar surface area (TPSA) is 105 Å². The molecule has 2 rings (SSSR count). The number of benzene rings is 2. The number of ether oxygens (including phenoxy) is 2. The quantitative estimate of drug-likeness (QED) is 0.561. The largest absolute Gasteiger partial charge is 0.497 e. The smallest absolute Gasteiger partial charge is 0.244 e. The van der Waals surface area contributed by atoms with Crippen LogP contribution in [0, 0.1) is 6.92 Å². The van der Waals surface area contributed by atoms with E-state index in [0.29, 0.717) is 5.75 Å². The van der Waals surface area contributed by atoms with Crippen LogP contribution >= 0.6 is 0 Å². The first-order chi connectivity index (χ1) is 15.5. The summed E-state index contributed by atoms with van der Waals surface area (Å²) in [5, 5.41) is 2.54. The molecule has 0 aromatic heterocycles. The second kappa shape index (κ2) is 11.0. The van der Waals surface area contributed by atoms with Crippen LogP contribution in [0.4, 0.5) is 5.69 Å². The summed E-state index contributed by atoms with van der Waals surface area (Å²) in [6.07, 6.45) is 1.01. The van der Waals surface area contributed by atoms with Gasteiger partial charge in [-0.1, -0.05) is 29.8 Å². The fourth-order valence-corrected chi connectivity index (χ4v) is 4.12. The maximum absolute atomic E-state index is 13.4. The molecule has 0 aliphatic carbocycles. The van der Waals surface area contributed by atoms with E-state index in [1.807, 2.05) is 31.2 Å². The van der Waals surface area contributed by atoms with Crippen molar-refractivity contribution < 1.29 is 27.5 Å².